The molecule has 0 unspecified atom stereocenters. The Morgan fingerprint density at radius 3 is 2.86 bits per heavy atom. The van der Waals surface area contributed by atoms with Gasteiger partial charge >= 0.3 is 6.03 Å². The molecule has 1 aromatic rings. The van der Waals surface area contributed by atoms with Gasteiger partial charge in [0.2, 0.25) is 0 Å². The van der Waals surface area contributed by atoms with E-state index in [2.05, 4.69) is 28.3 Å². The topological polar surface area (TPSA) is 70.2 Å². The fourth-order valence-corrected chi connectivity index (χ4v) is 1.86. The standard InChI is InChI=1S/C15H16ClN3O2/c1-2-3-8-17-15(21)19-11-6-7-13(16)12(9-11)14(20)18-10-4-5-10/h3,6-7,9-10H,1,4-5,8H2,(H,18,20)(H2,17,19,21). The molecule has 1 aliphatic rings. The molecule has 5 nitrogen and oxygen atoms in total. The Balaban J connectivity index is 2.01. The van der Waals surface area contributed by atoms with Crippen molar-refractivity contribution < 1.29 is 9.59 Å². The number of anilines is 1. The summed E-state index contributed by atoms with van der Waals surface area (Å²) in [7, 11) is 0. The third kappa shape index (κ3) is 4.67. The molecule has 3 N–H and O–H groups in total. The van der Waals surface area contributed by atoms with Gasteiger partial charge in [-0.15, -0.1) is 5.73 Å². The van der Waals surface area contributed by atoms with E-state index in [1.165, 1.54) is 0 Å². The highest BCUT2D eigenvalue weighted by Crippen LogP contribution is 2.23. The maximum Gasteiger partial charge on any atom is 0.319 e. The molecular weight excluding hydrogens is 290 g/mol. The van der Waals surface area contributed by atoms with Crippen molar-refractivity contribution in [2.75, 3.05) is 11.9 Å². The average Bonchev–Trinajstić information content (AvgIpc) is 3.25. The summed E-state index contributed by atoms with van der Waals surface area (Å²) in [4.78, 5) is 23.6. The van der Waals surface area contributed by atoms with E-state index in [0.717, 1.165) is 12.8 Å². The molecule has 0 bridgehead atoms. The summed E-state index contributed by atoms with van der Waals surface area (Å²) < 4.78 is 0. The molecule has 1 fully saturated rings. The third-order valence-electron chi connectivity index (χ3n) is 2.89. The Labute approximate surface area is 128 Å². The Morgan fingerprint density at radius 1 is 1.43 bits per heavy atom. The highest BCUT2D eigenvalue weighted by atomic mass is 35.5. The number of carbonyl (C=O) groups is 2. The van der Waals surface area contributed by atoms with E-state index in [1.807, 2.05) is 0 Å². The minimum absolute atomic E-state index is 0.221. The number of rotatable bonds is 5. The number of urea groups is 1. The van der Waals surface area contributed by atoms with Crippen LogP contribution in [0.4, 0.5) is 10.5 Å². The van der Waals surface area contributed by atoms with Crippen LogP contribution in [0.3, 0.4) is 0 Å². The van der Waals surface area contributed by atoms with Crippen molar-refractivity contribution in [2.45, 2.75) is 18.9 Å². The molecule has 1 saturated carbocycles. The number of halogens is 1. The van der Waals surface area contributed by atoms with Crippen LogP contribution in [0.5, 0.6) is 0 Å². The fraction of sp³-hybridized carbons (Fsp3) is 0.267. The van der Waals surface area contributed by atoms with Crippen LogP contribution >= 0.6 is 11.6 Å². The molecule has 0 aliphatic heterocycles. The van der Waals surface area contributed by atoms with E-state index in [1.54, 1.807) is 24.3 Å². The quantitative estimate of drug-likeness (QED) is 0.732. The van der Waals surface area contributed by atoms with Gasteiger partial charge in [-0.25, -0.2) is 4.79 Å². The lowest BCUT2D eigenvalue weighted by atomic mass is 10.2. The van der Waals surface area contributed by atoms with Gasteiger partial charge in [0.15, 0.2) is 0 Å². The first-order valence-corrected chi connectivity index (χ1v) is 6.97. The van der Waals surface area contributed by atoms with Crippen molar-refractivity contribution in [3.8, 4) is 0 Å². The molecule has 1 aliphatic carbocycles. The lowest BCUT2D eigenvalue weighted by molar-refractivity contribution is 0.0951. The van der Waals surface area contributed by atoms with Crippen molar-refractivity contribution in [3.63, 3.8) is 0 Å². The molecular formula is C15H16ClN3O2. The molecule has 0 spiro atoms. The van der Waals surface area contributed by atoms with Gasteiger partial charge in [0.25, 0.3) is 5.91 Å². The number of nitrogens with one attached hydrogen (secondary N) is 3. The molecule has 3 amide bonds. The number of hydrogen-bond donors (Lipinski definition) is 3. The maximum absolute atomic E-state index is 12.0. The summed E-state index contributed by atoms with van der Waals surface area (Å²) in [6, 6.07) is 4.65. The van der Waals surface area contributed by atoms with E-state index < -0.39 is 0 Å². The van der Waals surface area contributed by atoms with Gasteiger partial charge in [-0.3, -0.25) is 4.79 Å². The van der Waals surface area contributed by atoms with E-state index in [9.17, 15) is 9.59 Å². The zero-order chi connectivity index (χ0) is 15.2. The van der Waals surface area contributed by atoms with Crippen LogP contribution < -0.4 is 16.0 Å². The van der Waals surface area contributed by atoms with Crippen LogP contribution in [0.1, 0.15) is 23.2 Å². The highest BCUT2D eigenvalue weighted by molar-refractivity contribution is 6.34. The Morgan fingerprint density at radius 2 is 2.19 bits per heavy atom. The molecule has 1 aromatic carbocycles. The molecule has 110 valence electrons. The van der Waals surface area contributed by atoms with Gasteiger partial charge in [0.1, 0.15) is 0 Å². The van der Waals surface area contributed by atoms with Gasteiger partial charge in [-0.1, -0.05) is 18.2 Å². The van der Waals surface area contributed by atoms with Crippen molar-refractivity contribution in [3.05, 3.63) is 47.2 Å². The largest absolute Gasteiger partial charge is 0.349 e. The molecule has 0 atom stereocenters. The molecule has 6 heteroatoms. The monoisotopic (exact) mass is 305 g/mol. The zero-order valence-electron chi connectivity index (χ0n) is 11.4. The van der Waals surface area contributed by atoms with E-state index in [-0.39, 0.29) is 18.0 Å². The summed E-state index contributed by atoms with van der Waals surface area (Å²) in [6.45, 7) is 3.73. The first-order valence-electron chi connectivity index (χ1n) is 6.59. The smallest absolute Gasteiger partial charge is 0.319 e. The van der Waals surface area contributed by atoms with Crippen LogP contribution in [0.25, 0.3) is 0 Å². The normalized spacial score (nSPS) is 13.0. The molecule has 2 rings (SSSR count). The van der Waals surface area contributed by atoms with Crippen LogP contribution in [0, 0.1) is 0 Å². The highest BCUT2D eigenvalue weighted by Gasteiger charge is 2.24. The SMILES string of the molecule is C=C=CCNC(=O)Nc1ccc(Cl)c(C(=O)NC2CC2)c1. The second-order valence-electron chi connectivity index (χ2n) is 4.69. The predicted molar refractivity (Wildman–Crippen MR) is 82.7 cm³/mol. The van der Waals surface area contributed by atoms with Gasteiger partial charge in [0, 0.05) is 18.3 Å². The summed E-state index contributed by atoms with van der Waals surface area (Å²) in [5.41, 5.74) is 3.41. The number of benzene rings is 1. The fourth-order valence-electron chi connectivity index (χ4n) is 1.66. The molecule has 0 radical (unpaired) electrons. The second kappa shape index (κ2) is 6.97. The number of amides is 3. The van der Waals surface area contributed by atoms with Crippen molar-refractivity contribution in [1.82, 2.24) is 10.6 Å². The summed E-state index contributed by atoms with van der Waals surface area (Å²) in [5, 5.41) is 8.45. The first-order chi connectivity index (χ1) is 10.1. The van der Waals surface area contributed by atoms with Gasteiger partial charge in [0.05, 0.1) is 10.6 Å². The van der Waals surface area contributed by atoms with Crippen molar-refractivity contribution >= 4 is 29.2 Å². The van der Waals surface area contributed by atoms with Crippen LogP contribution in [0.15, 0.2) is 36.6 Å². The maximum atomic E-state index is 12.0. The minimum atomic E-state index is -0.377. The van der Waals surface area contributed by atoms with Crippen LogP contribution in [0.2, 0.25) is 5.02 Å². The lowest BCUT2D eigenvalue weighted by Gasteiger charge is -2.10. The van der Waals surface area contributed by atoms with Gasteiger partial charge in [-0.05, 0) is 37.1 Å². The van der Waals surface area contributed by atoms with Gasteiger partial charge < -0.3 is 16.0 Å². The first kappa shape index (κ1) is 15.2. The van der Waals surface area contributed by atoms with Crippen molar-refractivity contribution in [2.24, 2.45) is 0 Å². The Bertz CT molecular complexity index is 605. The van der Waals surface area contributed by atoms with Crippen molar-refractivity contribution in [1.29, 1.82) is 0 Å². The number of carbonyl (C=O) groups excluding carboxylic acids is 2. The van der Waals surface area contributed by atoms with E-state index >= 15 is 0 Å². The Hall–Kier alpha value is -2.23. The van der Waals surface area contributed by atoms with Crippen LogP contribution in [-0.4, -0.2) is 24.5 Å². The predicted octanol–water partition coefficient (Wildman–Crippen LogP) is 2.69. The lowest BCUT2D eigenvalue weighted by Crippen LogP contribution is -2.29. The zero-order valence-corrected chi connectivity index (χ0v) is 12.2. The van der Waals surface area contributed by atoms with E-state index in [0.29, 0.717) is 22.8 Å². The molecule has 0 aromatic heterocycles. The molecule has 0 heterocycles. The third-order valence-corrected chi connectivity index (χ3v) is 3.22. The molecule has 0 saturated heterocycles. The van der Waals surface area contributed by atoms with E-state index in [4.69, 9.17) is 11.6 Å². The second-order valence-corrected chi connectivity index (χ2v) is 5.09. The summed E-state index contributed by atoms with van der Waals surface area (Å²) >= 11 is 6.02. The minimum Gasteiger partial charge on any atom is -0.349 e. The average molecular weight is 306 g/mol. The van der Waals surface area contributed by atoms with Crippen LogP contribution in [-0.2, 0) is 0 Å². The summed E-state index contributed by atoms with van der Waals surface area (Å²) in [6.07, 6.45) is 3.59. The van der Waals surface area contributed by atoms with Gasteiger partial charge in [-0.2, -0.15) is 0 Å². The Kier molecular flexibility index (Phi) is 5.04. The molecule has 21 heavy (non-hydrogen) atoms. The number of hydrogen-bond acceptors (Lipinski definition) is 2. The summed E-state index contributed by atoms with van der Waals surface area (Å²) in [5.74, 6) is -0.221.